The number of carbonyl (C=O) groups excluding carboxylic acids is 1. The van der Waals surface area contributed by atoms with Gasteiger partial charge in [0, 0.05) is 18.6 Å². The van der Waals surface area contributed by atoms with Gasteiger partial charge in [-0.15, -0.1) is 12.4 Å². The van der Waals surface area contributed by atoms with Crippen LogP contribution in [0.2, 0.25) is 0 Å². The van der Waals surface area contributed by atoms with Crippen molar-refractivity contribution >= 4 is 24.0 Å². The lowest BCUT2D eigenvalue weighted by Crippen LogP contribution is -2.48. The molecule has 0 bridgehead atoms. The van der Waals surface area contributed by atoms with E-state index >= 15 is 0 Å². The topological polar surface area (TPSA) is 59.6 Å². The van der Waals surface area contributed by atoms with Crippen molar-refractivity contribution in [1.82, 2.24) is 5.32 Å². The number of halogens is 2. The second-order valence-corrected chi connectivity index (χ2v) is 6.28. The lowest BCUT2D eigenvalue weighted by molar-refractivity contribution is -0.121. The average molecular weight is 359 g/mol. The van der Waals surface area contributed by atoms with Crippen molar-refractivity contribution in [1.29, 1.82) is 0 Å². The van der Waals surface area contributed by atoms with Gasteiger partial charge in [-0.2, -0.15) is 0 Å². The van der Waals surface area contributed by atoms with Crippen LogP contribution in [0, 0.1) is 17.7 Å². The molecular formula is C17H24ClFN2O3. The molecule has 0 radical (unpaired) electrons. The van der Waals surface area contributed by atoms with Crippen LogP contribution < -0.4 is 15.4 Å². The molecule has 0 saturated carbocycles. The number of nitrogens with one attached hydrogen (secondary N) is 2. The smallest absolute Gasteiger partial charge is 0.227 e. The van der Waals surface area contributed by atoms with Crippen molar-refractivity contribution in [3.63, 3.8) is 0 Å². The average Bonchev–Trinajstić information content (AvgIpc) is 2.98. The fraction of sp³-hybridized carbons (Fsp3) is 0.588. The fourth-order valence-electron chi connectivity index (χ4n) is 2.81. The molecule has 134 valence electrons. The van der Waals surface area contributed by atoms with Gasteiger partial charge in [0.1, 0.15) is 18.2 Å². The van der Waals surface area contributed by atoms with E-state index in [0.29, 0.717) is 24.0 Å². The van der Waals surface area contributed by atoms with E-state index in [0.717, 1.165) is 32.5 Å². The minimum absolute atomic E-state index is 0. The van der Waals surface area contributed by atoms with E-state index in [1.54, 1.807) is 6.07 Å². The van der Waals surface area contributed by atoms with Crippen molar-refractivity contribution in [3.8, 4) is 5.75 Å². The zero-order valence-electron chi connectivity index (χ0n) is 13.7. The molecule has 0 spiro atoms. The normalized spacial score (nSPS) is 21.5. The molecule has 1 aromatic rings. The summed E-state index contributed by atoms with van der Waals surface area (Å²) in [6.45, 7) is 4.76. The molecule has 3 rings (SSSR count). The Bertz CT molecular complexity index is 563. The highest BCUT2D eigenvalue weighted by molar-refractivity contribution is 5.94. The molecule has 2 atom stereocenters. The Hall–Kier alpha value is -1.37. The van der Waals surface area contributed by atoms with E-state index in [1.165, 1.54) is 12.1 Å². The molecule has 24 heavy (non-hydrogen) atoms. The second kappa shape index (κ2) is 8.65. The molecule has 0 aromatic heterocycles. The predicted octanol–water partition coefficient (Wildman–Crippen LogP) is 2.60. The number of benzene rings is 1. The Morgan fingerprint density at radius 1 is 1.50 bits per heavy atom. The summed E-state index contributed by atoms with van der Waals surface area (Å²) < 4.78 is 24.8. The molecule has 2 aliphatic heterocycles. The van der Waals surface area contributed by atoms with Crippen LogP contribution in [-0.4, -0.2) is 38.3 Å². The zero-order valence-corrected chi connectivity index (χ0v) is 14.5. The molecule has 2 heterocycles. The first-order valence-corrected chi connectivity index (χ1v) is 8.19. The van der Waals surface area contributed by atoms with E-state index in [4.69, 9.17) is 9.47 Å². The minimum Gasteiger partial charge on any atom is -0.489 e. The van der Waals surface area contributed by atoms with Gasteiger partial charge in [0.2, 0.25) is 5.91 Å². The van der Waals surface area contributed by atoms with E-state index in [2.05, 4.69) is 10.6 Å². The highest BCUT2D eigenvalue weighted by Gasteiger charge is 2.29. The predicted molar refractivity (Wildman–Crippen MR) is 92.3 cm³/mol. The number of rotatable bonds is 6. The maximum absolute atomic E-state index is 13.5. The number of carbonyl (C=O) groups is 1. The van der Waals surface area contributed by atoms with Gasteiger partial charge in [-0.25, -0.2) is 4.39 Å². The second-order valence-electron chi connectivity index (χ2n) is 6.28. The third-order valence-corrected chi connectivity index (χ3v) is 4.58. The van der Waals surface area contributed by atoms with Gasteiger partial charge in [0.15, 0.2) is 0 Å². The van der Waals surface area contributed by atoms with Gasteiger partial charge < -0.3 is 20.1 Å². The molecule has 2 unspecified atom stereocenters. The zero-order chi connectivity index (χ0) is 16.2. The summed E-state index contributed by atoms with van der Waals surface area (Å²) in [5.74, 6) is 0.186. The maximum Gasteiger partial charge on any atom is 0.227 e. The summed E-state index contributed by atoms with van der Waals surface area (Å²) in [7, 11) is 0. The Morgan fingerprint density at radius 3 is 2.92 bits per heavy atom. The van der Waals surface area contributed by atoms with Crippen molar-refractivity contribution < 1.29 is 18.7 Å². The molecule has 1 amide bonds. The molecule has 2 fully saturated rings. The molecule has 5 nitrogen and oxygen atoms in total. The molecular weight excluding hydrogens is 335 g/mol. The molecule has 2 aliphatic rings. The first kappa shape index (κ1) is 19.0. The van der Waals surface area contributed by atoms with Gasteiger partial charge in [-0.3, -0.25) is 4.79 Å². The van der Waals surface area contributed by atoms with Crippen LogP contribution >= 0.6 is 12.4 Å². The Kier molecular flexibility index (Phi) is 6.83. The Balaban J connectivity index is 0.00000208. The number of hydrogen-bond donors (Lipinski definition) is 2. The molecule has 2 N–H and O–H groups in total. The third kappa shape index (κ3) is 4.59. The van der Waals surface area contributed by atoms with Gasteiger partial charge in [0.25, 0.3) is 0 Å². The van der Waals surface area contributed by atoms with Gasteiger partial charge in [-0.05, 0) is 44.0 Å². The number of ether oxygens (including phenoxy) is 2. The summed E-state index contributed by atoms with van der Waals surface area (Å²) in [5.41, 5.74) is 0.382. The van der Waals surface area contributed by atoms with Gasteiger partial charge in [0.05, 0.1) is 11.8 Å². The van der Waals surface area contributed by atoms with Crippen LogP contribution in [0.5, 0.6) is 5.75 Å². The lowest BCUT2D eigenvalue weighted by Gasteiger charge is -2.31. The standard InChI is InChI=1S/C17H23FN2O3.ClH/c1-11(12-8-19-9-12)17(21)20-15-7-13(18)4-5-16(15)23-10-14-3-2-6-22-14;/h4-5,7,11-12,14,19H,2-3,6,8-10H2,1H3,(H,20,21);1H. The highest BCUT2D eigenvalue weighted by Crippen LogP contribution is 2.28. The number of hydrogen-bond acceptors (Lipinski definition) is 4. The van der Waals surface area contributed by atoms with Crippen LogP contribution in [-0.2, 0) is 9.53 Å². The molecule has 1 aromatic carbocycles. The summed E-state index contributed by atoms with van der Waals surface area (Å²) in [6, 6.07) is 4.18. The van der Waals surface area contributed by atoms with E-state index in [-0.39, 0.29) is 30.3 Å². The van der Waals surface area contributed by atoms with Crippen molar-refractivity contribution in [2.75, 3.05) is 31.6 Å². The third-order valence-electron chi connectivity index (χ3n) is 4.58. The number of amides is 1. The minimum atomic E-state index is -0.400. The number of anilines is 1. The highest BCUT2D eigenvalue weighted by atomic mass is 35.5. The largest absolute Gasteiger partial charge is 0.489 e. The van der Waals surface area contributed by atoms with Crippen LogP contribution in [0.25, 0.3) is 0 Å². The first-order valence-electron chi connectivity index (χ1n) is 8.19. The monoisotopic (exact) mass is 358 g/mol. The van der Waals surface area contributed by atoms with Crippen LogP contribution in [0.4, 0.5) is 10.1 Å². The van der Waals surface area contributed by atoms with Crippen molar-refractivity contribution in [2.45, 2.75) is 25.9 Å². The summed E-state index contributed by atoms with van der Waals surface area (Å²) in [6.07, 6.45) is 2.08. The first-order chi connectivity index (χ1) is 11.1. The van der Waals surface area contributed by atoms with Gasteiger partial charge >= 0.3 is 0 Å². The summed E-state index contributed by atoms with van der Waals surface area (Å²) in [4.78, 5) is 12.3. The van der Waals surface area contributed by atoms with Gasteiger partial charge in [-0.1, -0.05) is 6.92 Å². The van der Waals surface area contributed by atoms with E-state index in [1.807, 2.05) is 6.92 Å². The van der Waals surface area contributed by atoms with Crippen LogP contribution in [0.3, 0.4) is 0 Å². The molecule has 2 saturated heterocycles. The van der Waals surface area contributed by atoms with Crippen molar-refractivity contribution in [3.05, 3.63) is 24.0 Å². The lowest BCUT2D eigenvalue weighted by atomic mass is 9.88. The van der Waals surface area contributed by atoms with Crippen molar-refractivity contribution in [2.24, 2.45) is 11.8 Å². The van der Waals surface area contributed by atoms with E-state index < -0.39 is 5.82 Å². The molecule has 0 aliphatic carbocycles. The van der Waals surface area contributed by atoms with E-state index in [9.17, 15) is 9.18 Å². The maximum atomic E-state index is 13.5. The van der Waals surface area contributed by atoms with Crippen LogP contribution in [0.15, 0.2) is 18.2 Å². The van der Waals surface area contributed by atoms with Crippen LogP contribution in [0.1, 0.15) is 19.8 Å². The Labute approximate surface area is 147 Å². The molecule has 7 heteroatoms. The summed E-state index contributed by atoms with van der Waals surface area (Å²) in [5, 5.41) is 5.96. The summed E-state index contributed by atoms with van der Waals surface area (Å²) >= 11 is 0. The SMILES string of the molecule is CC(C(=O)Nc1cc(F)ccc1OCC1CCCO1)C1CNC1.Cl. The Morgan fingerprint density at radius 2 is 2.29 bits per heavy atom. The fourth-order valence-corrected chi connectivity index (χ4v) is 2.81. The quantitative estimate of drug-likeness (QED) is 0.820.